The Morgan fingerprint density at radius 2 is 1.81 bits per heavy atom. The van der Waals surface area contributed by atoms with E-state index >= 15 is 0 Å². The number of hydrogen-bond acceptors (Lipinski definition) is 2. The predicted octanol–water partition coefficient (Wildman–Crippen LogP) is 3.98. The largest absolute Gasteiger partial charge is 0.304 e. The molecule has 0 radical (unpaired) electrons. The number of halogens is 1. The Hall–Kier alpha value is -1.16. The molecule has 1 aromatic carbocycles. The Kier molecular flexibility index (Phi) is 4.87. The molecule has 1 aliphatic heterocycles. The van der Waals surface area contributed by atoms with E-state index in [0.717, 1.165) is 35.8 Å². The molecule has 1 aliphatic rings. The number of benzene rings is 1. The molecule has 1 heterocycles. The summed E-state index contributed by atoms with van der Waals surface area (Å²) in [4.78, 5) is 26.2. The first-order valence-corrected chi connectivity index (χ1v) is 8.69. The molecule has 4 heteroatoms. The Morgan fingerprint density at radius 3 is 2.33 bits per heavy atom. The minimum absolute atomic E-state index is 0.0149. The van der Waals surface area contributed by atoms with E-state index in [9.17, 15) is 9.59 Å². The van der Waals surface area contributed by atoms with Crippen molar-refractivity contribution in [1.82, 2.24) is 0 Å². The van der Waals surface area contributed by atoms with Crippen molar-refractivity contribution in [2.75, 3.05) is 16.8 Å². The second kappa shape index (κ2) is 6.30. The summed E-state index contributed by atoms with van der Waals surface area (Å²) < 4.78 is 0. The highest BCUT2D eigenvalue weighted by Crippen LogP contribution is 2.36. The summed E-state index contributed by atoms with van der Waals surface area (Å²) in [6.45, 7) is 6.90. The zero-order chi connectivity index (χ0) is 15.6. The first-order chi connectivity index (χ1) is 10.0. The van der Waals surface area contributed by atoms with E-state index in [1.54, 1.807) is 4.90 Å². The SMILES string of the molecule is CCc1ccc2c(c1)C(=O)C(=O)N2CC(CC)(CC)CBr. The lowest BCUT2D eigenvalue weighted by molar-refractivity contribution is -0.114. The van der Waals surface area contributed by atoms with Crippen LogP contribution >= 0.6 is 15.9 Å². The molecule has 1 aromatic rings. The van der Waals surface area contributed by atoms with Crippen LogP contribution in [-0.4, -0.2) is 23.6 Å². The van der Waals surface area contributed by atoms with Crippen molar-refractivity contribution in [2.24, 2.45) is 5.41 Å². The van der Waals surface area contributed by atoms with Gasteiger partial charge in [0.1, 0.15) is 0 Å². The molecular weight excluding hydrogens is 330 g/mol. The van der Waals surface area contributed by atoms with Gasteiger partial charge >= 0.3 is 0 Å². The highest BCUT2D eigenvalue weighted by atomic mass is 79.9. The number of amides is 1. The smallest absolute Gasteiger partial charge is 0.299 e. The molecule has 0 fully saturated rings. The number of aryl methyl sites for hydroxylation is 1. The molecular formula is C17H22BrNO2. The molecule has 0 spiro atoms. The molecule has 21 heavy (non-hydrogen) atoms. The maximum absolute atomic E-state index is 12.3. The van der Waals surface area contributed by atoms with E-state index < -0.39 is 0 Å². The number of rotatable bonds is 6. The lowest BCUT2D eigenvalue weighted by Crippen LogP contribution is -2.41. The van der Waals surface area contributed by atoms with Crippen molar-refractivity contribution in [3.05, 3.63) is 29.3 Å². The lowest BCUT2D eigenvalue weighted by atomic mass is 9.84. The van der Waals surface area contributed by atoms with Gasteiger partial charge in [-0.1, -0.05) is 42.8 Å². The fourth-order valence-electron chi connectivity index (χ4n) is 2.76. The van der Waals surface area contributed by atoms with Gasteiger partial charge in [0, 0.05) is 11.9 Å². The molecule has 0 aromatic heterocycles. The van der Waals surface area contributed by atoms with Crippen LogP contribution in [-0.2, 0) is 11.2 Å². The first-order valence-electron chi connectivity index (χ1n) is 7.57. The van der Waals surface area contributed by atoms with Gasteiger partial charge in [-0.25, -0.2) is 0 Å². The van der Waals surface area contributed by atoms with Crippen LogP contribution in [0.4, 0.5) is 5.69 Å². The maximum Gasteiger partial charge on any atom is 0.299 e. The third-order valence-electron chi connectivity index (χ3n) is 4.72. The van der Waals surface area contributed by atoms with Crippen LogP contribution in [0.15, 0.2) is 18.2 Å². The Labute approximate surface area is 134 Å². The molecule has 0 unspecified atom stereocenters. The normalized spacial score (nSPS) is 14.8. The number of nitrogens with zero attached hydrogens (tertiary/aromatic N) is 1. The highest BCUT2D eigenvalue weighted by molar-refractivity contribution is 9.09. The van der Waals surface area contributed by atoms with Crippen molar-refractivity contribution in [3.63, 3.8) is 0 Å². The van der Waals surface area contributed by atoms with Gasteiger partial charge in [-0.3, -0.25) is 9.59 Å². The van der Waals surface area contributed by atoms with Crippen molar-refractivity contribution >= 4 is 33.3 Å². The number of carbonyl (C=O) groups excluding carboxylic acids is 2. The highest BCUT2D eigenvalue weighted by Gasteiger charge is 2.40. The number of carbonyl (C=O) groups is 2. The average Bonchev–Trinajstić information content (AvgIpc) is 2.76. The monoisotopic (exact) mass is 351 g/mol. The minimum atomic E-state index is -0.384. The van der Waals surface area contributed by atoms with E-state index in [2.05, 4.69) is 29.8 Å². The second-order valence-corrected chi connectivity index (χ2v) is 6.33. The van der Waals surface area contributed by atoms with Gasteiger partial charge in [-0.2, -0.15) is 0 Å². The summed E-state index contributed by atoms with van der Waals surface area (Å²) in [6, 6.07) is 5.79. The molecule has 0 bridgehead atoms. The van der Waals surface area contributed by atoms with Gasteiger partial charge in [0.25, 0.3) is 11.7 Å². The topological polar surface area (TPSA) is 37.4 Å². The van der Waals surface area contributed by atoms with E-state index in [4.69, 9.17) is 0 Å². The van der Waals surface area contributed by atoms with Gasteiger partial charge < -0.3 is 4.90 Å². The first kappa shape index (κ1) is 16.2. The standard InChI is InChI=1S/C17H22BrNO2/c1-4-12-7-8-14-13(9-12)15(20)16(21)19(14)11-17(5-2,6-3)10-18/h7-9H,4-6,10-11H2,1-3H3. The van der Waals surface area contributed by atoms with Gasteiger partial charge in [-0.05, 0) is 42.4 Å². The van der Waals surface area contributed by atoms with Crippen molar-refractivity contribution in [2.45, 2.75) is 40.0 Å². The number of alkyl halides is 1. The molecule has 2 rings (SSSR count). The fourth-order valence-corrected chi connectivity index (χ4v) is 3.74. The Morgan fingerprint density at radius 1 is 1.14 bits per heavy atom. The van der Waals surface area contributed by atoms with Crippen LogP contribution in [0, 0.1) is 5.41 Å². The van der Waals surface area contributed by atoms with Crippen LogP contribution in [0.3, 0.4) is 0 Å². The van der Waals surface area contributed by atoms with Crippen LogP contribution < -0.4 is 4.90 Å². The number of hydrogen-bond donors (Lipinski definition) is 0. The van der Waals surface area contributed by atoms with Crippen LogP contribution in [0.2, 0.25) is 0 Å². The van der Waals surface area contributed by atoms with Gasteiger partial charge in [0.15, 0.2) is 0 Å². The maximum atomic E-state index is 12.3. The summed E-state index contributed by atoms with van der Waals surface area (Å²) in [5.41, 5.74) is 2.44. The van der Waals surface area contributed by atoms with E-state index in [1.165, 1.54) is 0 Å². The van der Waals surface area contributed by atoms with Crippen molar-refractivity contribution < 1.29 is 9.59 Å². The molecule has 0 N–H and O–H groups in total. The number of fused-ring (bicyclic) bond motifs is 1. The molecule has 0 saturated heterocycles. The van der Waals surface area contributed by atoms with Gasteiger partial charge in [0.05, 0.1) is 11.3 Å². The Balaban J connectivity index is 2.39. The van der Waals surface area contributed by atoms with Gasteiger partial charge in [-0.15, -0.1) is 0 Å². The van der Waals surface area contributed by atoms with Crippen LogP contribution in [0.1, 0.15) is 49.5 Å². The molecule has 0 aliphatic carbocycles. The van der Waals surface area contributed by atoms with Gasteiger partial charge in [0.2, 0.25) is 0 Å². The number of ketones is 1. The molecule has 0 saturated carbocycles. The lowest BCUT2D eigenvalue weighted by Gasteiger charge is -2.34. The number of Topliss-reactive ketones (excluding diaryl/α,β-unsaturated/α-hetero) is 1. The molecule has 3 nitrogen and oxygen atoms in total. The third-order valence-corrected chi connectivity index (χ3v) is 5.91. The summed E-state index contributed by atoms with van der Waals surface area (Å²) >= 11 is 3.58. The molecule has 0 atom stereocenters. The Bertz CT molecular complexity index is 556. The third kappa shape index (κ3) is 2.78. The summed E-state index contributed by atoms with van der Waals surface area (Å²) in [6.07, 6.45) is 2.80. The number of anilines is 1. The van der Waals surface area contributed by atoms with E-state index in [-0.39, 0.29) is 17.1 Å². The van der Waals surface area contributed by atoms with E-state index in [0.29, 0.717) is 12.1 Å². The zero-order valence-electron chi connectivity index (χ0n) is 12.9. The van der Waals surface area contributed by atoms with Crippen molar-refractivity contribution in [1.29, 1.82) is 0 Å². The van der Waals surface area contributed by atoms with Crippen LogP contribution in [0.5, 0.6) is 0 Å². The fraction of sp³-hybridized carbons (Fsp3) is 0.529. The molecule has 1 amide bonds. The average molecular weight is 352 g/mol. The van der Waals surface area contributed by atoms with Crippen LogP contribution in [0.25, 0.3) is 0 Å². The van der Waals surface area contributed by atoms with Crippen molar-refractivity contribution in [3.8, 4) is 0 Å². The summed E-state index contributed by atoms with van der Waals surface area (Å²) in [5.74, 6) is -0.749. The second-order valence-electron chi connectivity index (χ2n) is 5.77. The molecule has 114 valence electrons. The zero-order valence-corrected chi connectivity index (χ0v) is 14.5. The minimum Gasteiger partial charge on any atom is -0.304 e. The summed E-state index contributed by atoms with van der Waals surface area (Å²) in [5, 5.41) is 0.827. The predicted molar refractivity (Wildman–Crippen MR) is 89.3 cm³/mol. The van der Waals surface area contributed by atoms with E-state index in [1.807, 2.05) is 25.1 Å². The quantitative estimate of drug-likeness (QED) is 0.574. The summed E-state index contributed by atoms with van der Waals surface area (Å²) in [7, 11) is 0.